The molecular weight excluding hydrogens is 318 g/mol. The molecule has 3 heterocycles. The summed E-state index contributed by atoms with van der Waals surface area (Å²) in [6.45, 7) is 3.50. The molecular formula is C18H19N5O2. The first-order valence-electron chi connectivity index (χ1n) is 8.21. The van der Waals surface area contributed by atoms with Gasteiger partial charge in [0.1, 0.15) is 5.54 Å². The van der Waals surface area contributed by atoms with E-state index < -0.39 is 11.6 Å². The van der Waals surface area contributed by atoms with E-state index in [0.29, 0.717) is 31.0 Å². The smallest absolute Gasteiger partial charge is 0.408 e. The average molecular weight is 337 g/mol. The second-order valence-electron chi connectivity index (χ2n) is 6.23. The molecule has 1 saturated heterocycles. The fourth-order valence-corrected chi connectivity index (χ4v) is 3.69. The summed E-state index contributed by atoms with van der Waals surface area (Å²) < 4.78 is 1.68. The van der Waals surface area contributed by atoms with Crippen LogP contribution in [0.15, 0.2) is 48.8 Å². The van der Waals surface area contributed by atoms with Gasteiger partial charge < -0.3 is 10.4 Å². The van der Waals surface area contributed by atoms with Crippen LogP contribution < -0.4 is 5.32 Å². The minimum atomic E-state index is -0.945. The maximum absolute atomic E-state index is 12.1. The van der Waals surface area contributed by atoms with Gasteiger partial charge in [0, 0.05) is 31.9 Å². The summed E-state index contributed by atoms with van der Waals surface area (Å²) in [6.07, 6.45) is 2.56. The van der Waals surface area contributed by atoms with E-state index in [4.69, 9.17) is 4.98 Å². The lowest BCUT2D eigenvalue weighted by molar-refractivity contribution is 0.0741. The molecule has 2 N–H and O–H groups in total. The van der Waals surface area contributed by atoms with Gasteiger partial charge in [-0.1, -0.05) is 24.3 Å². The zero-order chi connectivity index (χ0) is 17.4. The zero-order valence-corrected chi connectivity index (χ0v) is 13.9. The maximum Gasteiger partial charge on any atom is 0.408 e. The lowest BCUT2D eigenvalue weighted by Crippen LogP contribution is -2.61. The number of rotatable bonds is 2. The predicted molar refractivity (Wildman–Crippen MR) is 92.5 cm³/mol. The molecule has 3 aromatic rings. The monoisotopic (exact) mass is 337 g/mol. The number of carboxylic acid groups (broad SMARTS) is 1. The van der Waals surface area contributed by atoms with Crippen molar-refractivity contribution in [1.29, 1.82) is 0 Å². The number of amides is 1. The molecule has 7 nitrogen and oxygen atoms in total. The number of hydrogen-bond donors (Lipinski definition) is 2. The Morgan fingerprint density at radius 3 is 2.92 bits per heavy atom. The third-order valence-corrected chi connectivity index (χ3v) is 4.86. The van der Waals surface area contributed by atoms with Crippen LogP contribution in [0.5, 0.6) is 0 Å². The van der Waals surface area contributed by atoms with Crippen LogP contribution in [0.2, 0.25) is 0 Å². The third-order valence-electron chi connectivity index (χ3n) is 4.86. The highest BCUT2D eigenvalue weighted by molar-refractivity contribution is 5.69. The van der Waals surface area contributed by atoms with E-state index >= 15 is 0 Å². The molecule has 7 heteroatoms. The normalized spacial score (nSPS) is 20.8. The minimum absolute atomic E-state index is 0.399. The highest BCUT2D eigenvalue weighted by atomic mass is 16.4. The fourth-order valence-electron chi connectivity index (χ4n) is 3.69. The molecule has 0 saturated carbocycles. The largest absolute Gasteiger partial charge is 0.465 e. The summed E-state index contributed by atoms with van der Waals surface area (Å²) in [5.74, 6) is 0. The highest BCUT2D eigenvalue weighted by Crippen LogP contribution is 2.38. The summed E-state index contributed by atoms with van der Waals surface area (Å²) in [4.78, 5) is 18.3. The topological polar surface area (TPSA) is 82.8 Å². The van der Waals surface area contributed by atoms with Gasteiger partial charge in [-0.3, -0.25) is 4.90 Å². The molecule has 0 aliphatic carbocycles. The number of nitrogens with one attached hydrogen (secondary N) is 1. The molecule has 1 unspecified atom stereocenters. The first-order chi connectivity index (χ1) is 12.1. The molecule has 0 bridgehead atoms. The van der Waals surface area contributed by atoms with Gasteiger partial charge in [0.25, 0.3) is 0 Å². The first-order valence-corrected chi connectivity index (χ1v) is 8.21. The van der Waals surface area contributed by atoms with E-state index in [0.717, 1.165) is 11.1 Å². The number of aryl methyl sites for hydroxylation is 1. The van der Waals surface area contributed by atoms with Crippen molar-refractivity contribution in [3.63, 3.8) is 0 Å². The highest BCUT2D eigenvalue weighted by Gasteiger charge is 2.47. The zero-order valence-electron chi connectivity index (χ0n) is 13.9. The molecule has 0 radical (unpaired) electrons. The van der Waals surface area contributed by atoms with Gasteiger partial charge in [0.15, 0.2) is 5.65 Å². The third kappa shape index (κ3) is 2.35. The van der Waals surface area contributed by atoms with Crippen LogP contribution in [0.25, 0.3) is 5.65 Å². The lowest BCUT2D eigenvalue weighted by Gasteiger charge is -2.46. The minimum Gasteiger partial charge on any atom is -0.465 e. The summed E-state index contributed by atoms with van der Waals surface area (Å²) in [6, 6.07) is 11.6. The summed E-state index contributed by atoms with van der Waals surface area (Å²) in [5.41, 5.74) is 2.50. The Kier molecular flexibility index (Phi) is 3.65. The van der Waals surface area contributed by atoms with Crippen molar-refractivity contribution in [2.45, 2.75) is 12.5 Å². The molecule has 1 amide bonds. The van der Waals surface area contributed by atoms with Crippen molar-refractivity contribution in [1.82, 2.24) is 24.8 Å². The molecule has 128 valence electrons. The van der Waals surface area contributed by atoms with Crippen LogP contribution >= 0.6 is 0 Å². The number of benzene rings is 1. The standard InChI is InChI=1S/C18H19N5O2/c1-13-4-2-3-5-14(13)18(12-19-9-11-22(18)17(24)25)15-7-10-23-16(21-15)6-8-20-23/h2-8,10,19H,9,11-12H2,1H3,(H,24,25). The second kappa shape index (κ2) is 5.86. The van der Waals surface area contributed by atoms with Gasteiger partial charge in [-0.25, -0.2) is 14.3 Å². The van der Waals surface area contributed by atoms with Gasteiger partial charge >= 0.3 is 6.09 Å². The van der Waals surface area contributed by atoms with Crippen molar-refractivity contribution in [3.05, 3.63) is 65.6 Å². The molecule has 4 rings (SSSR count). The Bertz CT molecular complexity index is 938. The molecule has 25 heavy (non-hydrogen) atoms. The van der Waals surface area contributed by atoms with Gasteiger partial charge in [0.05, 0.1) is 11.9 Å². The number of carbonyl (C=O) groups is 1. The average Bonchev–Trinajstić information content (AvgIpc) is 3.09. The molecule has 1 aromatic carbocycles. The van der Waals surface area contributed by atoms with E-state index in [2.05, 4.69) is 10.4 Å². The van der Waals surface area contributed by atoms with Gasteiger partial charge in [-0.2, -0.15) is 5.10 Å². The van der Waals surface area contributed by atoms with Crippen molar-refractivity contribution >= 4 is 11.7 Å². The van der Waals surface area contributed by atoms with Gasteiger partial charge in [-0.05, 0) is 24.1 Å². The first kappa shape index (κ1) is 15.6. The lowest BCUT2D eigenvalue weighted by atomic mass is 9.80. The number of piperazine rings is 1. The Morgan fingerprint density at radius 2 is 2.12 bits per heavy atom. The van der Waals surface area contributed by atoms with Crippen molar-refractivity contribution in [2.24, 2.45) is 0 Å². The fraction of sp³-hybridized carbons (Fsp3) is 0.278. The van der Waals surface area contributed by atoms with Crippen LogP contribution in [0.1, 0.15) is 16.8 Å². The maximum atomic E-state index is 12.1. The van der Waals surface area contributed by atoms with Crippen molar-refractivity contribution in [3.8, 4) is 0 Å². The number of aromatic nitrogens is 3. The Balaban J connectivity index is 2.00. The Labute approximate surface area is 144 Å². The van der Waals surface area contributed by atoms with E-state index in [-0.39, 0.29) is 0 Å². The van der Waals surface area contributed by atoms with Gasteiger partial charge in [0.2, 0.25) is 0 Å². The summed E-state index contributed by atoms with van der Waals surface area (Å²) in [7, 11) is 0. The van der Waals surface area contributed by atoms with Crippen LogP contribution in [0, 0.1) is 6.92 Å². The van der Waals surface area contributed by atoms with Gasteiger partial charge in [-0.15, -0.1) is 0 Å². The van der Waals surface area contributed by atoms with E-state index in [1.165, 1.54) is 4.90 Å². The van der Waals surface area contributed by atoms with Crippen molar-refractivity contribution in [2.75, 3.05) is 19.6 Å². The van der Waals surface area contributed by atoms with Crippen LogP contribution in [0.3, 0.4) is 0 Å². The predicted octanol–water partition coefficient (Wildman–Crippen LogP) is 1.86. The summed E-state index contributed by atoms with van der Waals surface area (Å²) >= 11 is 0. The van der Waals surface area contributed by atoms with E-state index in [1.807, 2.05) is 49.5 Å². The quantitative estimate of drug-likeness (QED) is 0.746. The van der Waals surface area contributed by atoms with Crippen LogP contribution in [0.4, 0.5) is 4.79 Å². The molecule has 1 aliphatic heterocycles. The molecule has 1 atom stereocenters. The molecule has 0 spiro atoms. The van der Waals surface area contributed by atoms with E-state index in [1.54, 1.807) is 10.7 Å². The SMILES string of the molecule is Cc1ccccc1C1(c2ccn3nccc3n2)CNCCN1C(=O)O. The second-order valence-corrected chi connectivity index (χ2v) is 6.23. The number of hydrogen-bond acceptors (Lipinski definition) is 4. The Hall–Kier alpha value is -2.93. The van der Waals surface area contributed by atoms with Crippen molar-refractivity contribution < 1.29 is 9.90 Å². The van der Waals surface area contributed by atoms with E-state index in [9.17, 15) is 9.90 Å². The summed E-state index contributed by atoms with van der Waals surface area (Å²) in [5, 5.41) is 17.5. The van der Waals surface area contributed by atoms with Crippen LogP contribution in [-0.2, 0) is 5.54 Å². The molecule has 2 aromatic heterocycles. The number of nitrogens with zero attached hydrogens (tertiary/aromatic N) is 4. The number of fused-ring (bicyclic) bond motifs is 1. The Morgan fingerprint density at radius 1 is 1.28 bits per heavy atom. The molecule has 1 fully saturated rings. The molecule has 1 aliphatic rings. The van der Waals surface area contributed by atoms with Crippen LogP contribution in [-0.4, -0.2) is 50.3 Å².